The Labute approximate surface area is 222 Å². The molecule has 1 aliphatic heterocycles. The molecule has 0 radical (unpaired) electrons. The molecule has 1 N–H and O–H groups in total. The van der Waals surface area contributed by atoms with Gasteiger partial charge in [0.2, 0.25) is 11.8 Å². The maximum atomic E-state index is 13.5. The molecular weight excluding hydrogens is 460 g/mol. The van der Waals surface area contributed by atoms with Crippen LogP contribution in [-0.4, -0.2) is 41.6 Å². The van der Waals surface area contributed by atoms with Crippen molar-refractivity contribution in [1.82, 2.24) is 10.2 Å². The van der Waals surface area contributed by atoms with Crippen molar-refractivity contribution >= 4 is 17.6 Å². The van der Waals surface area contributed by atoms with Crippen LogP contribution in [0.2, 0.25) is 0 Å². The molecule has 2 aromatic carbocycles. The molecule has 2 aliphatic rings. The number of rotatable bonds is 9. The molecule has 5 nitrogen and oxygen atoms in total. The van der Waals surface area contributed by atoms with Gasteiger partial charge in [0.25, 0.3) is 0 Å². The lowest BCUT2D eigenvalue weighted by Gasteiger charge is -2.37. The van der Waals surface area contributed by atoms with Gasteiger partial charge in [0, 0.05) is 24.4 Å². The molecule has 3 unspecified atom stereocenters. The molecule has 2 amide bonds. The molecule has 2 fully saturated rings. The second kappa shape index (κ2) is 10.8. The topological polar surface area (TPSA) is 66.5 Å². The average molecular weight is 503 g/mol. The second-order valence-corrected chi connectivity index (χ2v) is 11.9. The van der Waals surface area contributed by atoms with Crippen molar-refractivity contribution in [3.8, 4) is 0 Å². The summed E-state index contributed by atoms with van der Waals surface area (Å²) in [7, 11) is 0. The van der Waals surface area contributed by atoms with Crippen molar-refractivity contribution in [3.63, 3.8) is 0 Å². The van der Waals surface area contributed by atoms with Gasteiger partial charge in [0.15, 0.2) is 5.78 Å². The average Bonchev–Trinajstić information content (AvgIpc) is 3.29. The van der Waals surface area contributed by atoms with Crippen LogP contribution in [0, 0.1) is 22.7 Å². The van der Waals surface area contributed by atoms with E-state index >= 15 is 0 Å². The molecule has 2 aromatic rings. The number of carbonyl (C=O) groups is 3. The number of nitrogens with zero attached hydrogens (tertiary/aromatic N) is 1. The van der Waals surface area contributed by atoms with Crippen LogP contribution >= 0.6 is 0 Å². The van der Waals surface area contributed by atoms with Gasteiger partial charge in [-0.15, -0.1) is 0 Å². The summed E-state index contributed by atoms with van der Waals surface area (Å²) in [6.45, 7) is 11.5. The van der Waals surface area contributed by atoms with E-state index in [1.807, 2.05) is 30.9 Å². The molecule has 0 bridgehead atoms. The molecule has 5 heteroatoms. The highest BCUT2D eigenvalue weighted by Gasteiger charge is 2.61. The summed E-state index contributed by atoms with van der Waals surface area (Å²) in [4.78, 5) is 42.0. The summed E-state index contributed by atoms with van der Waals surface area (Å²) < 4.78 is 0. The van der Waals surface area contributed by atoms with Crippen LogP contribution in [0.1, 0.15) is 77.3 Å². The van der Waals surface area contributed by atoms with Crippen LogP contribution in [-0.2, 0) is 14.4 Å². The summed E-state index contributed by atoms with van der Waals surface area (Å²) in [5, 5.41) is 2.99. The standard InChI is InChI=1S/C32H42N2O3/c1-6-13-25-27(28(35)32(4,5)31(25,2)3)29(36)33-26-19-21-34(30(26)37)20-18-24(22-14-9-7-10-15-22)23-16-11-8-12-17-23/h7-12,14-17,24-27H,6,13,18-21H2,1-5H3,(H,33,36). The third-order valence-electron chi connectivity index (χ3n) is 9.43. The number of amides is 2. The minimum Gasteiger partial charge on any atom is -0.344 e. The number of Topliss-reactive ketones (excluding diaryl/α,β-unsaturated/α-hetero) is 1. The summed E-state index contributed by atoms with van der Waals surface area (Å²) >= 11 is 0. The number of hydrogen-bond acceptors (Lipinski definition) is 3. The van der Waals surface area contributed by atoms with Crippen LogP contribution in [0.5, 0.6) is 0 Å². The maximum Gasteiger partial charge on any atom is 0.245 e. The third kappa shape index (κ3) is 5.10. The Bertz CT molecular complexity index is 1070. The third-order valence-corrected chi connectivity index (χ3v) is 9.43. The number of hydrogen-bond donors (Lipinski definition) is 1. The van der Waals surface area contributed by atoms with E-state index in [9.17, 15) is 14.4 Å². The van der Waals surface area contributed by atoms with Crippen LogP contribution < -0.4 is 5.32 Å². The van der Waals surface area contributed by atoms with Crippen molar-refractivity contribution in [2.24, 2.45) is 22.7 Å². The Hall–Kier alpha value is -2.95. The molecule has 1 saturated carbocycles. The van der Waals surface area contributed by atoms with Gasteiger partial charge >= 0.3 is 0 Å². The Kier molecular flexibility index (Phi) is 7.91. The quantitative estimate of drug-likeness (QED) is 0.454. The first-order valence-corrected chi connectivity index (χ1v) is 13.8. The molecule has 1 saturated heterocycles. The molecule has 0 aromatic heterocycles. The van der Waals surface area contributed by atoms with Crippen molar-refractivity contribution < 1.29 is 14.4 Å². The molecule has 1 aliphatic carbocycles. The lowest BCUT2D eigenvalue weighted by molar-refractivity contribution is -0.139. The van der Waals surface area contributed by atoms with E-state index in [4.69, 9.17) is 0 Å². The molecule has 198 valence electrons. The molecule has 0 spiro atoms. The Balaban J connectivity index is 1.43. The number of carbonyl (C=O) groups excluding carboxylic acids is 3. The Morgan fingerprint density at radius 3 is 2.08 bits per heavy atom. The molecule has 3 atom stereocenters. The fraction of sp³-hybridized carbons (Fsp3) is 0.531. The zero-order valence-electron chi connectivity index (χ0n) is 23.0. The predicted molar refractivity (Wildman–Crippen MR) is 147 cm³/mol. The zero-order valence-corrected chi connectivity index (χ0v) is 23.0. The lowest BCUT2D eigenvalue weighted by Crippen LogP contribution is -2.46. The van der Waals surface area contributed by atoms with Crippen molar-refractivity contribution in [2.45, 2.75) is 72.3 Å². The fourth-order valence-electron chi connectivity index (χ4n) is 6.45. The van der Waals surface area contributed by atoms with E-state index in [0.29, 0.717) is 19.5 Å². The number of likely N-dealkylation sites (tertiary alicyclic amines) is 1. The summed E-state index contributed by atoms with van der Waals surface area (Å²) in [5.41, 5.74) is 1.61. The summed E-state index contributed by atoms with van der Waals surface area (Å²) in [6.07, 6.45) is 3.13. The first kappa shape index (κ1) is 27.1. The van der Waals surface area contributed by atoms with Crippen LogP contribution in [0.3, 0.4) is 0 Å². The highest BCUT2D eigenvalue weighted by molar-refractivity contribution is 6.07. The van der Waals surface area contributed by atoms with Gasteiger partial charge in [-0.05, 0) is 41.7 Å². The second-order valence-electron chi connectivity index (χ2n) is 11.9. The number of nitrogens with one attached hydrogen (secondary N) is 1. The van der Waals surface area contributed by atoms with Crippen molar-refractivity contribution in [3.05, 3.63) is 71.8 Å². The zero-order chi connectivity index (χ0) is 26.8. The van der Waals surface area contributed by atoms with Gasteiger partial charge in [-0.3, -0.25) is 14.4 Å². The van der Waals surface area contributed by atoms with Gasteiger partial charge in [0.05, 0.1) is 0 Å². The van der Waals surface area contributed by atoms with E-state index in [1.54, 1.807) is 0 Å². The van der Waals surface area contributed by atoms with Crippen molar-refractivity contribution in [1.29, 1.82) is 0 Å². The van der Waals surface area contributed by atoms with Crippen LogP contribution in [0.25, 0.3) is 0 Å². The van der Waals surface area contributed by atoms with Crippen LogP contribution in [0.4, 0.5) is 0 Å². The first-order valence-electron chi connectivity index (χ1n) is 13.8. The smallest absolute Gasteiger partial charge is 0.245 e. The van der Waals surface area contributed by atoms with Gasteiger partial charge in [0.1, 0.15) is 12.0 Å². The molecule has 37 heavy (non-hydrogen) atoms. The van der Waals surface area contributed by atoms with E-state index < -0.39 is 17.4 Å². The van der Waals surface area contributed by atoms with E-state index in [2.05, 4.69) is 74.6 Å². The van der Waals surface area contributed by atoms with Gasteiger partial charge < -0.3 is 10.2 Å². The van der Waals surface area contributed by atoms with E-state index in [0.717, 1.165) is 19.3 Å². The summed E-state index contributed by atoms with van der Waals surface area (Å²) in [6, 6.07) is 20.3. The monoisotopic (exact) mass is 502 g/mol. The Morgan fingerprint density at radius 2 is 1.54 bits per heavy atom. The van der Waals surface area contributed by atoms with Gasteiger partial charge in [-0.1, -0.05) is 102 Å². The fourth-order valence-corrected chi connectivity index (χ4v) is 6.45. The molecule has 1 heterocycles. The lowest BCUT2D eigenvalue weighted by atomic mass is 9.65. The summed E-state index contributed by atoms with van der Waals surface area (Å²) in [5.74, 6) is -0.820. The van der Waals surface area contributed by atoms with E-state index in [-0.39, 0.29) is 34.8 Å². The SMILES string of the molecule is CCCC1C(C(=O)NC2CCN(CCC(c3ccccc3)c3ccccc3)C2=O)C(=O)C(C)(C)C1(C)C. The minimum atomic E-state index is -0.688. The molecular formula is C32H42N2O3. The predicted octanol–water partition coefficient (Wildman–Crippen LogP) is 5.59. The van der Waals surface area contributed by atoms with E-state index in [1.165, 1.54) is 11.1 Å². The first-order chi connectivity index (χ1) is 17.6. The highest BCUT2D eigenvalue weighted by atomic mass is 16.2. The largest absolute Gasteiger partial charge is 0.344 e. The molecule has 4 rings (SSSR count). The maximum absolute atomic E-state index is 13.5. The van der Waals surface area contributed by atoms with Crippen LogP contribution in [0.15, 0.2) is 60.7 Å². The minimum absolute atomic E-state index is 0.00400. The Morgan fingerprint density at radius 1 is 0.973 bits per heavy atom. The van der Waals surface area contributed by atoms with Gasteiger partial charge in [-0.25, -0.2) is 0 Å². The highest BCUT2D eigenvalue weighted by Crippen LogP contribution is 2.57. The normalized spacial score (nSPS) is 24.6. The van der Waals surface area contributed by atoms with Gasteiger partial charge in [-0.2, -0.15) is 0 Å². The van der Waals surface area contributed by atoms with Crippen molar-refractivity contribution in [2.75, 3.05) is 13.1 Å². The number of benzene rings is 2. The number of ketones is 1.